The molecule has 1 aliphatic rings. The highest BCUT2D eigenvalue weighted by Crippen LogP contribution is 2.46. The summed E-state index contributed by atoms with van der Waals surface area (Å²) in [6, 6.07) is 4.93. The highest BCUT2D eigenvalue weighted by molar-refractivity contribution is 5.73. The van der Waals surface area contributed by atoms with Crippen LogP contribution < -0.4 is 0 Å². The molecule has 1 saturated carbocycles. The first kappa shape index (κ1) is 8.42. The van der Waals surface area contributed by atoms with Gasteiger partial charge in [0.15, 0.2) is 0 Å². The summed E-state index contributed by atoms with van der Waals surface area (Å²) in [7, 11) is 0. The van der Waals surface area contributed by atoms with Crippen LogP contribution in [0.5, 0.6) is 0 Å². The Morgan fingerprint density at radius 1 is 1.46 bits per heavy atom. The Morgan fingerprint density at radius 2 is 2.15 bits per heavy atom. The molecule has 68 valence electrons. The van der Waals surface area contributed by atoms with Gasteiger partial charge in [0.05, 0.1) is 5.41 Å². The van der Waals surface area contributed by atoms with Crippen molar-refractivity contribution >= 4 is 6.29 Å². The van der Waals surface area contributed by atoms with E-state index < -0.39 is 0 Å². The van der Waals surface area contributed by atoms with Crippen molar-refractivity contribution in [3.63, 3.8) is 0 Å². The predicted octanol–water partition coefficient (Wildman–Crippen LogP) is 2.36. The van der Waals surface area contributed by atoms with Crippen molar-refractivity contribution in [2.24, 2.45) is 0 Å². The van der Waals surface area contributed by atoms with Gasteiger partial charge in [0.25, 0.3) is 0 Å². The topological polar surface area (TPSA) is 17.1 Å². The molecule has 0 radical (unpaired) electrons. The molecule has 0 saturated heterocycles. The second-order valence-corrected chi connectivity index (χ2v) is 3.74. The van der Waals surface area contributed by atoms with Gasteiger partial charge in [-0.25, -0.2) is 4.39 Å². The Hall–Kier alpha value is -1.18. The Balaban J connectivity index is 2.42. The molecule has 0 aliphatic heterocycles. The van der Waals surface area contributed by atoms with Crippen molar-refractivity contribution in [2.75, 3.05) is 0 Å². The lowest BCUT2D eigenvalue weighted by Crippen LogP contribution is -2.08. The number of halogens is 1. The fourth-order valence-electron chi connectivity index (χ4n) is 1.56. The van der Waals surface area contributed by atoms with E-state index in [-0.39, 0.29) is 11.2 Å². The second-order valence-electron chi connectivity index (χ2n) is 3.74. The van der Waals surface area contributed by atoms with E-state index >= 15 is 0 Å². The van der Waals surface area contributed by atoms with Gasteiger partial charge >= 0.3 is 0 Å². The van der Waals surface area contributed by atoms with Crippen molar-refractivity contribution in [3.8, 4) is 0 Å². The van der Waals surface area contributed by atoms with Crippen LogP contribution in [-0.2, 0) is 10.2 Å². The zero-order valence-corrected chi connectivity index (χ0v) is 7.51. The van der Waals surface area contributed by atoms with Gasteiger partial charge in [-0.3, -0.25) is 0 Å². The largest absolute Gasteiger partial charge is 0.302 e. The maximum atomic E-state index is 12.9. The summed E-state index contributed by atoms with van der Waals surface area (Å²) < 4.78 is 12.9. The van der Waals surface area contributed by atoms with Crippen LogP contribution in [0.1, 0.15) is 24.0 Å². The van der Waals surface area contributed by atoms with Crippen LogP contribution in [-0.4, -0.2) is 6.29 Å². The van der Waals surface area contributed by atoms with Gasteiger partial charge in [0, 0.05) is 0 Å². The second kappa shape index (κ2) is 2.66. The van der Waals surface area contributed by atoms with Crippen molar-refractivity contribution in [3.05, 3.63) is 35.1 Å². The first-order chi connectivity index (χ1) is 6.18. The lowest BCUT2D eigenvalue weighted by molar-refractivity contribution is -0.109. The van der Waals surface area contributed by atoms with Crippen LogP contribution in [0, 0.1) is 12.7 Å². The SMILES string of the molecule is Cc1cc(C2(C=O)CC2)ccc1F. The summed E-state index contributed by atoms with van der Waals surface area (Å²) >= 11 is 0. The molecule has 1 nitrogen and oxygen atoms in total. The monoisotopic (exact) mass is 178 g/mol. The van der Waals surface area contributed by atoms with Gasteiger partial charge in [-0.15, -0.1) is 0 Å². The average Bonchev–Trinajstić information content (AvgIpc) is 2.90. The van der Waals surface area contributed by atoms with E-state index in [1.807, 2.05) is 0 Å². The van der Waals surface area contributed by atoms with Crippen molar-refractivity contribution in [2.45, 2.75) is 25.2 Å². The van der Waals surface area contributed by atoms with Crippen LogP contribution in [0.15, 0.2) is 18.2 Å². The molecule has 0 aromatic heterocycles. The summed E-state index contributed by atoms with van der Waals surface area (Å²) in [5, 5.41) is 0. The van der Waals surface area contributed by atoms with Crippen molar-refractivity contribution < 1.29 is 9.18 Å². The normalized spacial score (nSPS) is 18.3. The number of benzene rings is 1. The highest BCUT2D eigenvalue weighted by atomic mass is 19.1. The number of aldehydes is 1. The fourth-order valence-corrected chi connectivity index (χ4v) is 1.56. The lowest BCUT2D eigenvalue weighted by atomic mass is 9.96. The average molecular weight is 178 g/mol. The number of hydrogen-bond acceptors (Lipinski definition) is 1. The molecule has 1 aromatic rings. The molecule has 2 rings (SSSR count). The minimum atomic E-state index is -0.279. The van der Waals surface area contributed by atoms with Crippen molar-refractivity contribution in [1.29, 1.82) is 0 Å². The molecule has 1 aliphatic carbocycles. The third-order valence-corrected chi connectivity index (χ3v) is 2.75. The molecule has 2 heteroatoms. The first-order valence-corrected chi connectivity index (χ1v) is 4.41. The van der Waals surface area contributed by atoms with E-state index in [0.717, 1.165) is 24.7 Å². The molecule has 0 bridgehead atoms. The van der Waals surface area contributed by atoms with Gasteiger partial charge in [0.2, 0.25) is 0 Å². The molecule has 0 atom stereocenters. The number of rotatable bonds is 2. The Labute approximate surface area is 76.6 Å². The first-order valence-electron chi connectivity index (χ1n) is 4.41. The molecular formula is C11H11FO. The molecule has 0 N–H and O–H groups in total. The number of aryl methyl sites for hydroxylation is 1. The van der Waals surface area contributed by atoms with Crippen LogP contribution in [0.4, 0.5) is 4.39 Å². The molecule has 0 heterocycles. The van der Waals surface area contributed by atoms with Gasteiger partial charge in [0.1, 0.15) is 12.1 Å². The maximum absolute atomic E-state index is 12.9. The molecule has 1 fully saturated rings. The Morgan fingerprint density at radius 3 is 2.62 bits per heavy atom. The quantitative estimate of drug-likeness (QED) is 0.635. The number of hydrogen-bond donors (Lipinski definition) is 0. The van der Waals surface area contributed by atoms with Gasteiger partial charge in [-0.05, 0) is 37.0 Å². The standard InChI is InChI=1S/C11H11FO/c1-8-6-9(2-3-10(8)12)11(7-13)4-5-11/h2-3,6-7H,4-5H2,1H3. The Kier molecular flexibility index (Phi) is 1.72. The zero-order valence-electron chi connectivity index (χ0n) is 7.51. The van der Waals surface area contributed by atoms with Gasteiger partial charge in [-0.2, -0.15) is 0 Å². The van der Waals surface area contributed by atoms with Crippen LogP contribution in [0.2, 0.25) is 0 Å². The zero-order chi connectivity index (χ0) is 9.47. The Bertz CT molecular complexity index is 353. The minimum absolute atomic E-state index is 0.203. The van der Waals surface area contributed by atoms with Crippen LogP contribution in [0.3, 0.4) is 0 Å². The van der Waals surface area contributed by atoms with E-state index in [9.17, 15) is 9.18 Å². The fraction of sp³-hybridized carbons (Fsp3) is 0.364. The summed E-state index contributed by atoms with van der Waals surface area (Å²) in [4.78, 5) is 10.8. The third kappa shape index (κ3) is 1.26. The van der Waals surface area contributed by atoms with E-state index in [2.05, 4.69) is 0 Å². The smallest absolute Gasteiger partial charge is 0.130 e. The minimum Gasteiger partial charge on any atom is -0.302 e. The van der Waals surface area contributed by atoms with Crippen LogP contribution in [0.25, 0.3) is 0 Å². The van der Waals surface area contributed by atoms with E-state index in [4.69, 9.17) is 0 Å². The van der Waals surface area contributed by atoms with E-state index in [1.165, 1.54) is 6.07 Å². The molecule has 0 spiro atoms. The lowest BCUT2D eigenvalue weighted by Gasteiger charge is -2.08. The summed E-state index contributed by atoms with van der Waals surface area (Å²) in [5.41, 5.74) is 1.30. The van der Waals surface area contributed by atoms with E-state index in [1.54, 1.807) is 19.1 Å². The predicted molar refractivity (Wildman–Crippen MR) is 48.1 cm³/mol. The van der Waals surface area contributed by atoms with Crippen molar-refractivity contribution in [1.82, 2.24) is 0 Å². The summed E-state index contributed by atoms with van der Waals surface area (Å²) in [6.45, 7) is 1.72. The van der Waals surface area contributed by atoms with Crippen LogP contribution >= 0.6 is 0 Å². The third-order valence-electron chi connectivity index (χ3n) is 2.75. The molecule has 0 unspecified atom stereocenters. The van der Waals surface area contributed by atoms with E-state index in [0.29, 0.717) is 5.56 Å². The van der Waals surface area contributed by atoms with Gasteiger partial charge < -0.3 is 4.79 Å². The molecule has 1 aromatic carbocycles. The molecule has 13 heavy (non-hydrogen) atoms. The summed E-state index contributed by atoms with van der Waals surface area (Å²) in [6.07, 6.45) is 2.79. The molecular weight excluding hydrogens is 167 g/mol. The van der Waals surface area contributed by atoms with Gasteiger partial charge in [-0.1, -0.05) is 12.1 Å². The number of carbonyl (C=O) groups excluding carboxylic acids is 1. The molecule has 0 amide bonds. The maximum Gasteiger partial charge on any atom is 0.130 e. The number of carbonyl (C=O) groups is 1. The summed E-state index contributed by atoms with van der Waals surface area (Å²) in [5.74, 6) is -0.203. The highest BCUT2D eigenvalue weighted by Gasteiger charge is 2.44.